The van der Waals surface area contributed by atoms with Crippen molar-refractivity contribution in [2.45, 2.75) is 65.6 Å². The Morgan fingerprint density at radius 1 is 1.20 bits per heavy atom. The first-order valence-electron chi connectivity index (χ1n) is 7.89. The smallest absolute Gasteiger partial charge is 0.151 e. The van der Waals surface area contributed by atoms with Crippen molar-refractivity contribution in [3.8, 4) is 0 Å². The third kappa shape index (κ3) is 4.75. The maximum Gasteiger partial charge on any atom is 0.151 e. The van der Waals surface area contributed by atoms with E-state index in [2.05, 4.69) is 60.2 Å². The number of hydrogen-bond donors (Lipinski definition) is 1. The molecule has 1 aliphatic rings. The van der Waals surface area contributed by atoms with Crippen molar-refractivity contribution in [3.63, 3.8) is 0 Å². The summed E-state index contributed by atoms with van der Waals surface area (Å²) in [5.41, 5.74) is 1.02. The van der Waals surface area contributed by atoms with E-state index in [1.165, 1.54) is 19.3 Å². The lowest BCUT2D eigenvalue weighted by Gasteiger charge is -2.24. The largest absolute Gasteiger partial charge is 0.352 e. The summed E-state index contributed by atoms with van der Waals surface area (Å²) in [4.78, 5) is 2.44. The maximum atomic E-state index is 4.43. The Kier molecular flexibility index (Phi) is 5.35. The summed E-state index contributed by atoms with van der Waals surface area (Å²) in [5, 5.41) is 12.2. The fourth-order valence-electron chi connectivity index (χ4n) is 2.18. The van der Waals surface area contributed by atoms with Crippen molar-refractivity contribution >= 4 is 5.82 Å². The van der Waals surface area contributed by atoms with Gasteiger partial charge in [-0.15, -0.1) is 5.10 Å². The molecule has 1 N–H and O–H groups in total. The first-order valence-corrected chi connectivity index (χ1v) is 7.89. The van der Waals surface area contributed by atoms with Gasteiger partial charge in [0, 0.05) is 25.2 Å². The lowest BCUT2D eigenvalue weighted by atomic mass is 10.1. The van der Waals surface area contributed by atoms with Gasteiger partial charge in [-0.1, -0.05) is 27.7 Å². The van der Waals surface area contributed by atoms with Crippen LogP contribution in [0.3, 0.4) is 0 Å². The number of nitrogens with one attached hydrogen (secondary N) is 1. The summed E-state index contributed by atoms with van der Waals surface area (Å²) >= 11 is 0. The molecule has 1 saturated carbocycles. The van der Waals surface area contributed by atoms with Crippen molar-refractivity contribution in [1.82, 2.24) is 15.5 Å². The number of anilines is 1. The highest BCUT2D eigenvalue weighted by atomic mass is 15.3. The molecule has 1 fully saturated rings. The summed E-state index contributed by atoms with van der Waals surface area (Å²) < 4.78 is 0. The highest BCUT2D eigenvalue weighted by Gasteiger charge is 2.29. The Bertz CT molecular complexity index is 395. The van der Waals surface area contributed by atoms with E-state index in [4.69, 9.17) is 0 Å². The first kappa shape index (κ1) is 15.2. The molecule has 0 bridgehead atoms. The van der Waals surface area contributed by atoms with Crippen molar-refractivity contribution < 1.29 is 0 Å². The van der Waals surface area contributed by atoms with Crippen LogP contribution in [0.4, 0.5) is 5.82 Å². The molecule has 0 saturated heterocycles. The normalized spacial score (nSPS) is 15.1. The molecule has 1 aliphatic carbocycles. The van der Waals surface area contributed by atoms with E-state index in [1.807, 2.05) is 0 Å². The second-order valence-corrected chi connectivity index (χ2v) is 6.53. The molecule has 0 radical (unpaired) electrons. The summed E-state index contributed by atoms with van der Waals surface area (Å²) in [5.74, 6) is 1.78. The van der Waals surface area contributed by atoms with Gasteiger partial charge in [-0.25, -0.2) is 0 Å². The van der Waals surface area contributed by atoms with E-state index < -0.39 is 0 Å². The minimum atomic E-state index is 0.477. The number of rotatable bonds is 8. The first-order chi connectivity index (χ1) is 9.56. The second kappa shape index (κ2) is 7.02. The monoisotopic (exact) mass is 276 g/mol. The molecule has 0 atom stereocenters. The zero-order valence-electron chi connectivity index (χ0n) is 13.3. The van der Waals surface area contributed by atoms with Crippen LogP contribution in [-0.4, -0.2) is 28.8 Å². The fraction of sp³-hybridized carbons (Fsp3) is 0.750. The zero-order chi connectivity index (χ0) is 14.5. The van der Waals surface area contributed by atoms with Gasteiger partial charge in [-0.3, -0.25) is 0 Å². The Morgan fingerprint density at radius 2 is 1.95 bits per heavy atom. The fourth-order valence-corrected chi connectivity index (χ4v) is 2.18. The van der Waals surface area contributed by atoms with E-state index in [1.54, 1.807) is 0 Å². The van der Waals surface area contributed by atoms with Gasteiger partial charge in [0.15, 0.2) is 5.82 Å². The number of aromatic nitrogens is 2. The summed E-state index contributed by atoms with van der Waals surface area (Å²) in [6, 6.07) is 5.40. The van der Waals surface area contributed by atoms with Crippen molar-refractivity contribution in [1.29, 1.82) is 0 Å². The highest BCUT2D eigenvalue weighted by molar-refractivity contribution is 5.40. The summed E-state index contributed by atoms with van der Waals surface area (Å²) in [6.07, 6.45) is 3.82. The van der Waals surface area contributed by atoms with Gasteiger partial charge in [0.05, 0.1) is 5.69 Å². The van der Waals surface area contributed by atoms with Crippen molar-refractivity contribution in [2.24, 2.45) is 5.92 Å². The molecule has 4 nitrogen and oxygen atoms in total. The molecule has 4 heteroatoms. The lowest BCUT2D eigenvalue weighted by Crippen LogP contribution is -2.29. The molecular weight excluding hydrogens is 248 g/mol. The molecule has 0 aliphatic heterocycles. The van der Waals surface area contributed by atoms with Crippen LogP contribution in [-0.2, 0) is 6.54 Å². The highest BCUT2D eigenvalue weighted by Crippen LogP contribution is 2.30. The standard InChI is InChI=1S/C16H28N4/c1-12(2)9-10-20(15-6-7-15)16-8-5-14(18-19-16)11-17-13(3)4/h5,8,12-13,15,17H,6-7,9-11H2,1-4H3. The van der Waals surface area contributed by atoms with E-state index in [9.17, 15) is 0 Å². The lowest BCUT2D eigenvalue weighted by molar-refractivity contribution is 0.563. The molecule has 112 valence electrons. The van der Waals surface area contributed by atoms with Crippen LogP contribution < -0.4 is 10.2 Å². The second-order valence-electron chi connectivity index (χ2n) is 6.53. The third-order valence-corrected chi connectivity index (χ3v) is 3.63. The maximum absolute atomic E-state index is 4.43. The molecule has 0 amide bonds. The van der Waals surface area contributed by atoms with Gasteiger partial charge in [-0.2, -0.15) is 5.10 Å². The predicted octanol–water partition coefficient (Wildman–Crippen LogP) is 2.99. The van der Waals surface area contributed by atoms with E-state index in [0.717, 1.165) is 30.5 Å². The Morgan fingerprint density at radius 3 is 2.45 bits per heavy atom. The molecule has 1 heterocycles. The van der Waals surface area contributed by atoms with E-state index >= 15 is 0 Å². The van der Waals surface area contributed by atoms with Gasteiger partial charge in [0.1, 0.15) is 0 Å². The van der Waals surface area contributed by atoms with E-state index in [0.29, 0.717) is 12.1 Å². The van der Waals surface area contributed by atoms with Crippen LogP contribution >= 0.6 is 0 Å². The van der Waals surface area contributed by atoms with Crippen LogP contribution in [0.25, 0.3) is 0 Å². The van der Waals surface area contributed by atoms with Gasteiger partial charge in [0.2, 0.25) is 0 Å². The predicted molar refractivity (Wildman–Crippen MR) is 83.8 cm³/mol. The quantitative estimate of drug-likeness (QED) is 0.792. The minimum absolute atomic E-state index is 0.477. The van der Waals surface area contributed by atoms with Gasteiger partial charge >= 0.3 is 0 Å². The molecule has 0 spiro atoms. The molecule has 1 aromatic rings. The van der Waals surface area contributed by atoms with Crippen LogP contribution in [0.1, 0.15) is 52.7 Å². The van der Waals surface area contributed by atoms with Crippen LogP contribution in [0.5, 0.6) is 0 Å². The Labute approximate surface area is 123 Å². The molecular formula is C16H28N4. The average molecular weight is 276 g/mol. The zero-order valence-corrected chi connectivity index (χ0v) is 13.3. The third-order valence-electron chi connectivity index (χ3n) is 3.63. The van der Waals surface area contributed by atoms with E-state index in [-0.39, 0.29) is 0 Å². The number of nitrogens with zero attached hydrogens (tertiary/aromatic N) is 3. The Balaban J connectivity index is 1.95. The van der Waals surface area contributed by atoms with Crippen LogP contribution in [0.2, 0.25) is 0 Å². The molecule has 0 aromatic carbocycles. The van der Waals surface area contributed by atoms with Gasteiger partial charge in [-0.05, 0) is 37.3 Å². The SMILES string of the molecule is CC(C)CCN(c1ccc(CNC(C)C)nn1)C1CC1. The van der Waals surface area contributed by atoms with Crippen molar-refractivity contribution in [3.05, 3.63) is 17.8 Å². The van der Waals surface area contributed by atoms with Crippen LogP contribution in [0.15, 0.2) is 12.1 Å². The van der Waals surface area contributed by atoms with Gasteiger partial charge < -0.3 is 10.2 Å². The Hall–Kier alpha value is -1.16. The molecule has 0 unspecified atom stereocenters. The topological polar surface area (TPSA) is 41.0 Å². The molecule has 2 rings (SSSR count). The average Bonchev–Trinajstić information content (AvgIpc) is 3.22. The van der Waals surface area contributed by atoms with Gasteiger partial charge in [0.25, 0.3) is 0 Å². The van der Waals surface area contributed by atoms with Crippen LogP contribution in [0, 0.1) is 5.92 Å². The molecule has 1 aromatic heterocycles. The molecule has 20 heavy (non-hydrogen) atoms. The number of hydrogen-bond acceptors (Lipinski definition) is 4. The van der Waals surface area contributed by atoms with Crippen molar-refractivity contribution in [2.75, 3.05) is 11.4 Å². The minimum Gasteiger partial charge on any atom is -0.352 e. The summed E-state index contributed by atoms with van der Waals surface area (Å²) in [6.45, 7) is 10.7. The summed E-state index contributed by atoms with van der Waals surface area (Å²) in [7, 11) is 0.